The fourth-order valence-corrected chi connectivity index (χ4v) is 4.02. The predicted octanol–water partition coefficient (Wildman–Crippen LogP) is 3.14. The number of anilines is 1. The van der Waals surface area contributed by atoms with E-state index >= 15 is 0 Å². The molecule has 30 heavy (non-hydrogen) atoms. The highest BCUT2D eigenvalue weighted by Gasteiger charge is 2.13. The van der Waals surface area contributed by atoms with Crippen molar-refractivity contribution in [3.63, 3.8) is 0 Å². The van der Waals surface area contributed by atoms with Gasteiger partial charge in [0.2, 0.25) is 5.91 Å². The van der Waals surface area contributed by atoms with Crippen LogP contribution in [0.15, 0.2) is 58.6 Å². The maximum Gasteiger partial charge on any atom is 0.258 e. The molecular formula is C21H20N6O2S. The van der Waals surface area contributed by atoms with Crippen molar-refractivity contribution in [2.45, 2.75) is 31.7 Å². The molecule has 9 heteroatoms. The van der Waals surface area contributed by atoms with Gasteiger partial charge in [-0.3, -0.25) is 18.6 Å². The minimum atomic E-state index is -0.133. The third-order valence-corrected chi connectivity index (χ3v) is 5.39. The molecule has 3 heterocycles. The lowest BCUT2D eigenvalue weighted by molar-refractivity contribution is -0.114. The molecule has 0 bridgehead atoms. The van der Waals surface area contributed by atoms with Gasteiger partial charge in [-0.15, -0.1) is 10.2 Å². The molecule has 0 spiro atoms. The van der Waals surface area contributed by atoms with Gasteiger partial charge in [0.05, 0.1) is 11.4 Å². The average molecular weight is 420 g/mol. The average Bonchev–Trinajstić information content (AvgIpc) is 3.07. The molecule has 0 fully saturated rings. The van der Waals surface area contributed by atoms with Gasteiger partial charge in [0.15, 0.2) is 5.16 Å². The van der Waals surface area contributed by atoms with Gasteiger partial charge in [-0.05, 0) is 43.7 Å². The van der Waals surface area contributed by atoms with Crippen LogP contribution in [0.3, 0.4) is 0 Å². The van der Waals surface area contributed by atoms with Crippen molar-refractivity contribution in [2.24, 2.45) is 0 Å². The Bertz CT molecular complexity index is 1310. The molecule has 0 aliphatic carbocycles. The molecule has 4 rings (SSSR count). The Hall–Kier alpha value is -3.46. The monoisotopic (exact) mass is 420 g/mol. The second kappa shape index (κ2) is 8.11. The van der Waals surface area contributed by atoms with Crippen molar-refractivity contribution < 1.29 is 4.79 Å². The highest BCUT2D eigenvalue weighted by Crippen LogP contribution is 2.25. The quantitative estimate of drug-likeness (QED) is 0.499. The Kier molecular flexibility index (Phi) is 5.37. The number of rotatable bonds is 5. The van der Waals surface area contributed by atoms with E-state index in [1.807, 2.05) is 54.8 Å². The van der Waals surface area contributed by atoms with E-state index in [1.54, 1.807) is 16.7 Å². The number of aromatic nitrogens is 5. The van der Waals surface area contributed by atoms with Gasteiger partial charge in [-0.1, -0.05) is 23.9 Å². The van der Waals surface area contributed by atoms with Crippen LogP contribution in [0, 0.1) is 13.8 Å². The maximum absolute atomic E-state index is 12.4. The summed E-state index contributed by atoms with van der Waals surface area (Å²) in [6.45, 7) is 5.27. The smallest absolute Gasteiger partial charge is 0.258 e. The third-order valence-electron chi connectivity index (χ3n) is 4.43. The minimum Gasteiger partial charge on any atom is -0.326 e. The largest absolute Gasteiger partial charge is 0.326 e. The van der Waals surface area contributed by atoms with E-state index in [9.17, 15) is 9.59 Å². The number of thioether (sulfide) groups is 1. The standard InChI is InChI=1S/C21H20N6O2S/c1-13-7-8-19-23-17(10-20(29)26(19)11-13)12-30-21-25-24-14(2)27(21)18-6-4-5-16(9-18)22-15(3)28/h4-11H,12H2,1-3H3,(H,22,28). The molecule has 0 aliphatic heterocycles. The summed E-state index contributed by atoms with van der Waals surface area (Å²) in [6.07, 6.45) is 1.78. The van der Waals surface area contributed by atoms with E-state index < -0.39 is 0 Å². The number of pyridine rings is 1. The van der Waals surface area contributed by atoms with Crippen molar-refractivity contribution in [3.05, 3.63) is 76.1 Å². The van der Waals surface area contributed by atoms with Crippen LogP contribution in [0.5, 0.6) is 0 Å². The van der Waals surface area contributed by atoms with E-state index in [-0.39, 0.29) is 11.5 Å². The summed E-state index contributed by atoms with van der Waals surface area (Å²) in [5, 5.41) is 11.9. The molecule has 0 aliphatic rings. The lowest BCUT2D eigenvalue weighted by atomic mass is 10.2. The Labute approximate surface area is 177 Å². The van der Waals surface area contributed by atoms with Gasteiger partial charge in [-0.25, -0.2) is 4.98 Å². The van der Waals surface area contributed by atoms with E-state index in [0.29, 0.717) is 27.9 Å². The molecule has 3 aromatic heterocycles. The van der Waals surface area contributed by atoms with Crippen LogP contribution in [0.25, 0.3) is 11.3 Å². The molecule has 152 valence electrons. The number of aryl methyl sites for hydroxylation is 2. The van der Waals surface area contributed by atoms with Gasteiger partial charge in [0, 0.05) is 30.6 Å². The van der Waals surface area contributed by atoms with Gasteiger partial charge in [-0.2, -0.15) is 0 Å². The zero-order valence-corrected chi connectivity index (χ0v) is 17.6. The lowest BCUT2D eigenvalue weighted by Crippen LogP contribution is -2.15. The van der Waals surface area contributed by atoms with Crippen LogP contribution in [-0.4, -0.2) is 30.1 Å². The summed E-state index contributed by atoms with van der Waals surface area (Å²) in [5.74, 6) is 1.06. The highest BCUT2D eigenvalue weighted by atomic mass is 32.2. The van der Waals surface area contributed by atoms with Crippen molar-refractivity contribution in [2.75, 3.05) is 5.32 Å². The van der Waals surface area contributed by atoms with Gasteiger partial charge >= 0.3 is 0 Å². The fraction of sp³-hybridized carbons (Fsp3) is 0.190. The van der Waals surface area contributed by atoms with E-state index in [4.69, 9.17) is 0 Å². The summed E-state index contributed by atoms with van der Waals surface area (Å²) in [5.41, 5.74) is 3.72. The summed E-state index contributed by atoms with van der Waals surface area (Å²) in [7, 11) is 0. The van der Waals surface area contributed by atoms with Crippen LogP contribution in [0.1, 0.15) is 24.0 Å². The number of nitrogens with one attached hydrogen (secondary N) is 1. The Morgan fingerprint density at radius 3 is 2.77 bits per heavy atom. The van der Waals surface area contributed by atoms with Gasteiger partial charge in [0.25, 0.3) is 5.56 Å². The summed E-state index contributed by atoms with van der Waals surface area (Å²) in [4.78, 5) is 28.4. The van der Waals surface area contributed by atoms with Crippen LogP contribution >= 0.6 is 11.8 Å². The molecule has 0 atom stereocenters. The topological polar surface area (TPSA) is 94.2 Å². The first kappa shape index (κ1) is 19.8. The van der Waals surface area contributed by atoms with E-state index in [2.05, 4.69) is 20.5 Å². The molecule has 0 radical (unpaired) electrons. The normalized spacial score (nSPS) is 11.0. The number of carbonyl (C=O) groups is 1. The third kappa shape index (κ3) is 4.11. The fourth-order valence-electron chi connectivity index (χ4n) is 3.13. The van der Waals surface area contributed by atoms with Crippen LogP contribution in [-0.2, 0) is 10.5 Å². The van der Waals surface area contributed by atoms with Crippen LogP contribution in [0.2, 0.25) is 0 Å². The number of fused-ring (bicyclic) bond motifs is 1. The Balaban J connectivity index is 1.62. The number of carbonyl (C=O) groups excluding carboxylic acids is 1. The molecule has 8 nitrogen and oxygen atoms in total. The van der Waals surface area contributed by atoms with E-state index in [0.717, 1.165) is 17.1 Å². The number of hydrogen-bond donors (Lipinski definition) is 1. The van der Waals surface area contributed by atoms with Gasteiger partial charge in [0.1, 0.15) is 11.5 Å². The highest BCUT2D eigenvalue weighted by molar-refractivity contribution is 7.98. The summed E-state index contributed by atoms with van der Waals surface area (Å²) >= 11 is 1.45. The first-order chi connectivity index (χ1) is 14.4. The zero-order chi connectivity index (χ0) is 21.3. The number of benzene rings is 1. The predicted molar refractivity (Wildman–Crippen MR) is 116 cm³/mol. The molecule has 0 saturated carbocycles. The number of nitrogens with zero attached hydrogens (tertiary/aromatic N) is 5. The lowest BCUT2D eigenvalue weighted by Gasteiger charge is -2.10. The second-order valence-electron chi connectivity index (χ2n) is 6.91. The van der Waals surface area contributed by atoms with Crippen LogP contribution < -0.4 is 10.9 Å². The summed E-state index contributed by atoms with van der Waals surface area (Å²) in [6, 6.07) is 12.8. The SMILES string of the molecule is CC(=O)Nc1cccc(-n2c(C)nnc2SCc2cc(=O)n3cc(C)ccc3n2)c1. The maximum atomic E-state index is 12.4. The minimum absolute atomic E-state index is 0.111. The first-order valence-corrected chi connectivity index (χ1v) is 10.3. The Morgan fingerprint density at radius 1 is 1.13 bits per heavy atom. The zero-order valence-electron chi connectivity index (χ0n) is 16.8. The summed E-state index contributed by atoms with van der Waals surface area (Å²) < 4.78 is 3.46. The Morgan fingerprint density at radius 2 is 1.97 bits per heavy atom. The molecule has 1 aromatic carbocycles. The molecular weight excluding hydrogens is 400 g/mol. The van der Waals surface area contributed by atoms with E-state index in [1.165, 1.54) is 18.7 Å². The number of hydrogen-bond acceptors (Lipinski definition) is 6. The van der Waals surface area contributed by atoms with Crippen molar-refractivity contribution >= 4 is 29.0 Å². The van der Waals surface area contributed by atoms with Crippen molar-refractivity contribution in [1.29, 1.82) is 0 Å². The van der Waals surface area contributed by atoms with Crippen LogP contribution in [0.4, 0.5) is 5.69 Å². The second-order valence-corrected chi connectivity index (χ2v) is 7.85. The first-order valence-electron chi connectivity index (χ1n) is 9.32. The molecule has 1 N–H and O–H groups in total. The van der Waals surface area contributed by atoms with Crippen molar-refractivity contribution in [3.8, 4) is 5.69 Å². The molecule has 0 unspecified atom stereocenters. The van der Waals surface area contributed by atoms with Gasteiger partial charge < -0.3 is 5.32 Å². The number of amides is 1. The molecule has 0 saturated heterocycles. The molecule has 4 aromatic rings. The molecule has 1 amide bonds. The van der Waals surface area contributed by atoms with Crippen molar-refractivity contribution in [1.82, 2.24) is 24.1 Å².